The van der Waals surface area contributed by atoms with Crippen molar-refractivity contribution in [1.82, 2.24) is 15.2 Å². The molecule has 0 saturated carbocycles. The summed E-state index contributed by atoms with van der Waals surface area (Å²) < 4.78 is 0. The predicted octanol–water partition coefficient (Wildman–Crippen LogP) is 1.92. The number of hydrogen-bond acceptors (Lipinski definition) is 4. The van der Waals surface area contributed by atoms with Crippen LogP contribution in [-0.4, -0.2) is 35.6 Å². The summed E-state index contributed by atoms with van der Waals surface area (Å²) in [7, 11) is 0. The van der Waals surface area contributed by atoms with Gasteiger partial charge < -0.3 is 5.32 Å². The molecule has 4 nitrogen and oxygen atoms in total. The molecule has 0 radical (unpaired) electrons. The standard InChI is InChI=1S/C16H22N4/c17-10-15-9-13(5-7-18-15)11-20-8-2-3-14(12-20)16-4-1-6-19-16/h5,7,9,14,16,19H,1-4,6,8,11-12H2. The molecule has 2 unspecified atom stereocenters. The van der Waals surface area contributed by atoms with Crippen molar-refractivity contribution >= 4 is 0 Å². The highest BCUT2D eigenvalue weighted by molar-refractivity contribution is 5.25. The van der Waals surface area contributed by atoms with E-state index in [2.05, 4.69) is 21.3 Å². The number of pyridine rings is 1. The quantitative estimate of drug-likeness (QED) is 0.911. The topological polar surface area (TPSA) is 52.0 Å². The third-order valence-electron chi connectivity index (χ3n) is 4.55. The van der Waals surface area contributed by atoms with Crippen LogP contribution in [0.15, 0.2) is 18.3 Å². The van der Waals surface area contributed by atoms with Crippen molar-refractivity contribution in [2.75, 3.05) is 19.6 Å². The fourth-order valence-corrected chi connectivity index (χ4v) is 3.57. The third-order valence-corrected chi connectivity index (χ3v) is 4.55. The Morgan fingerprint density at radius 3 is 3.15 bits per heavy atom. The third kappa shape index (κ3) is 3.17. The van der Waals surface area contributed by atoms with Crippen molar-refractivity contribution in [1.29, 1.82) is 5.26 Å². The molecule has 1 aromatic rings. The minimum atomic E-state index is 0.522. The lowest BCUT2D eigenvalue weighted by Gasteiger charge is -2.35. The van der Waals surface area contributed by atoms with E-state index >= 15 is 0 Å². The highest BCUT2D eigenvalue weighted by atomic mass is 15.1. The Labute approximate surface area is 120 Å². The van der Waals surface area contributed by atoms with Gasteiger partial charge in [-0.05, 0) is 62.4 Å². The van der Waals surface area contributed by atoms with Crippen molar-refractivity contribution in [3.8, 4) is 6.07 Å². The lowest BCUT2D eigenvalue weighted by molar-refractivity contribution is 0.145. The lowest BCUT2D eigenvalue weighted by atomic mass is 9.89. The van der Waals surface area contributed by atoms with Gasteiger partial charge in [-0.25, -0.2) is 4.98 Å². The number of nitrogens with one attached hydrogen (secondary N) is 1. The van der Waals surface area contributed by atoms with Crippen molar-refractivity contribution in [3.63, 3.8) is 0 Å². The number of hydrogen-bond donors (Lipinski definition) is 1. The summed E-state index contributed by atoms with van der Waals surface area (Å²) in [6.07, 6.45) is 7.06. The Morgan fingerprint density at radius 1 is 1.40 bits per heavy atom. The van der Waals surface area contributed by atoms with Gasteiger partial charge in [0, 0.05) is 25.3 Å². The lowest BCUT2D eigenvalue weighted by Crippen LogP contribution is -2.43. The smallest absolute Gasteiger partial charge is 0.140 e. The Morgan fingerprint density at radius 2 is 2.35 bits per heavy atom. The van der Waals surface area contributed by atoms with Gasteiger partial charge in [0.15, 0.2) is 0 Å². The van der Waals surface area contributed by atoms with Crippen LogP contribution < -0.4 is 5.32 Å². The van der Waals surface area contributed by atoms with Crippen LogP contribution in [-0.2, 0) is 6.54 Å². The maximum atomic E-state index is 8.92. The van der Waals surface area contributed by atoms with Crippen molar-refractivity contribution in [3.05, 3.63) is 29.6 Å². The second-order valence-electron chi connectivity index (χ2n) is 6.00. The monoisotopic (exact) mass is 270 g/mol. The summed E-state index contributed by atoms with van der Waals surface area (Å²) in [6.45, 7) is 4.49. The molecular weight excluding hydrogens is 248 g/mol. The second-order valence-corrected chi connectivity index (χ2v) is 6.00. The first-order valence-corrected chi connectivity index (χ1v) is 7.66. The minimum Gasteiger partial charge on any atom is -0.314 e. The van der Waals surface area contributed by atoms with E-state index in [1.807, 2.05) is 12.1 Å². The molecule has 2 fully saturated rings. The zero-order valence-electron chi connectivity index (χ0n) is 11.9. The number of aromatic nitrogens is 1. The summed E-state index contributed by atoms with van der Waals surface area (Å²) in [4.78, 5) is 6.57. The SMILES string of the molecule is N#Cc1cc(CN2CCCC(C3CCCN3)C2)ccn1. The Balaban J connectivity index is 1.60. The van der Waals surface area contributed by atoms with Crippen LogP contribution in [0.5, 0.6) is 0 Å². The van der Waals surface area contributed by atoms with Crippen LogP contribution in [0.2, 0.25) is 0 Å². The predicted molar refractivity (Wildman–Crippen MR) is 78.0 cm³/mol. The van der Waals surface area contributed by atoms with Gasteiger partial charge in [0.2, 0.25) is 0 Å². The van der Waals surface area contributed by atoms with Crippen molar-refractivity contribution < 1.29 is 0 Å². The van der Waals surface area contributed by atoms with Crippen LogP contribution in [0.4, 0.5) is 0 Å². The second kappa shape index (κ2) is 6.34. The van der Waals surface area contributed by atoms with E-state index in [1.54, 1.807) is 6.20 Å². The van der Waals surface area contributed by atoms with E-state index in [1.165, 1.54) is 50.9 Å². The van der Waals surface area contributed by atoms with Gasteiger partial charge in [-0.2, -0.15) is 5.26 Å². The average molecular weight is 270 g/mol. The Hall–Kier alpha value is -1.44. The number of nitriles is 1. The summed E-state index contributed by atoms with van der Waals surface area (Å²) in [5.74, 6) is 0.795. The zero-order valence-corrected chi connectivity index (χ0v) is 11.9. The van der Waals surface area contributed by atoms with Crippen LogP contribution in [0, 0.1) is 17.2 Å². The molecule has 0 aromatic carbocycles. The van der Waals surface area contributed by atoms with E-state index in [4.69, 9.17) is 5.26 Å². The first-order chi connectivity index (χ1) is 9.85. The van der Waals surface area contributed by atoms with Crippen molar-refractivity contribution in [2.24, 2.45) is 5.92 Å². The molecule has 3 heterocycles. The minimum absolute atomic E-state index is 0.522. The number of likely N-dealkylation sites (tertiary alicyclic amines) is 1. The number of nitrogens with zero attached hydrogens (tertiary/aromatic N) is 3. The highest BCUT2D eigenvalue weighted by Gasteiger charge is 2.28. The Kier molecular flexibility index (Phi) is 4.29. The van der Waals surface area contributed by atoms with E-state index in [0.29, 0.717) is 5.69 Å². The van der Waals surface area contributed by atoms with Crippen LogP contribution in [0.3, 0.4) is 0 Å². The van der Waals surface area contributed by atoms with E-state index in [9.17, 15) is 0 Å². The average Bonchev–Trinajstić information content (AvgIpc) is 3.02. The Bertz CT molecular complexity index is 487. The normalized spacial score (nSPS) is 27.4. The summed E-state index contributed by atoms with van der Waals surface area (Å²) in [5, 5.41) is 12.6. The van der Waals surface area contributed by atoms with Gasteiger partial charge in [-0.3, -0.25) is 4.90 Å². The summed E-state index contributed by atoms with van der Waals surface area (Å²) >= 11 is 0. The molecule has 2 aliphatic rings. The molecule has 3 rings (SSSR count). The van der Waals surface area contributed by atoms with E-state index in [0.717, 1.165) is 18.5 Å². The molecule has 1 aromatic heterocycles. The van der Waals surface area contributed by atoms with Crippen LogP contribution in [0.25, 0.3) is 0 Å². The zero-order chi connectivity index (χ0) is 13.8. The van der Waals surface area contributed by atoms with Gasteiger partial charge in [0.05, 0.1) is 0 Å². The molecule has 0 aliphatic carbocycles. The number of rotatable bonds is 3. The maximum Gasteiger partial charge on any atom is 0.140 e. The van der Waals surface area contributed by atoms with E-state index < -0.39 is 0 Å². The molecule has 0 spiro atoms. The number of piperidine rings is 1. The molecular formula is C16H22N4. The molecule has 0 bridgehead atoms. The first kappa shape index (κ1) is 13.5. The van der Waals surface area contributed by atoms with Crippen LogP contribution in [0.1, 0.15) is 36.9 Å². The van der Waals surface area contributed by atoms with Gasteiger partial charge in [-0.1, -0.05) is 0 Å². The molecule has 106 valence electrons. The largest absolute Gasteiger partial charge is 0.314 e. The van der Waals surface area contributed by atoms with Crippen LogP contribution >= 0.6 is 0 Å². The fourth-order valence-electron chi connectivity index (χ4n) is 3.57. The molecule has 0 amide bonds. The first-order valence-electron chi connectivity index (χ1n) is 7.66. The van der Waals surface area contributed by atoms with E-state index in [-0.39, 0.29) is 0 Å². The molecule has 2 saturated heterocycles. The molecule has 4 heteroatoms. The van der Waals surface area contributed by atoms with Gasteiger partial charge in [-0.15, -0.1) is 0 Å². The highest BCUT2D eigenvalue weighted by Crippen LogP contribution is 2.25. The summed E-state index contributed by atoms with van der Waals surface area (Å²) in [5.41, 5.74) is 1.73. The summed E-state index contributed by atoms with van der Waals surface area (Å²) in [6, 6.07) is 6.79. The van der Waals surface area contributed by atoms with Gasteiger partial charge in [0.1, 0.15) is 11.8 Å². The van der Waals surface area contributed by atoms with Gasteiger partial charge >= 0.3 is 0 Å². The molecule has 2 aliphatic heterocycles. The van der Waals surface area contributed by atoms with Crippen molar-refractivity contribution in [2.45, 2.75) is 38.3 Å². The van der Waals surface area contributed by atoms with Gasteiger partial charge in [0.25, 0.3) is 0 Å². The fraction of sp³-hybridized carbons (Fsp3) is 0.625. The maximum absolute atomic E-state index is 8.92. The molecule has 2 atom stereocenters. The molecule has 20 heavy (non-hydrogen) atoms. The molecule has 1 N–H and O–H groups in total.